The molecule has 0 saturated heterocycles. The molecule has 2 aromatic carbocycles. The first-order valence-electron chi connectivity index (χ1n) is 22.9. The van der Waals surface area contributed by atoms with Crippen molar-refractivity contribution in [1.29, 1.82) is 0 Å². The molecule has 0 aliphatic carbocycles. The molecule has 64 heavy (non-hydrogen) atoms. The molecule has 2 heterocycles. The van der Waals surface area contributed by atoms with Crippen LogP contribution < -0.4 is 24.3 Å². The molecular formula is C51H71N5O6S2+2. The molecule has 0 saturated carbocycles. The van der Waals surface area contributed by atoms with E-state index in [-0.39, 0.29) is 44.7 Å². The predicted molar refractivity (Wildman–Crippen MR) is 266 cm³/mol. The van der Waals surface area contributed by atoms with E-state index in [1.165, 1.54) is 0 Å². The van der Waals surface area contributed by atoms with Crippen LogP contribution in [0.1, 0.15) is 86.5 Å². The molecule has 2 aromatic heterocycles. The van der Waals surface area contributed by atoms with Crippen LogP contribution in [0, 0.1) is 0 Å². The van der Waals surface area contributed by atoms with Crippen molar-refractivity contribution in [1.82, 2.24) is 5.32 Å². The van der Waals surface area contributed by atoms with Gasteiger partial charge in [-0.15, -0.1) is 0 Å². The van der Waals surface area contributed by atoms with Gasteiger partial charge in [0, 0.05) is 113 Å². The van der Waals surface area contributed by atoms with Crippen LogP contribution in [0.5, 0.6) is 0 Å². The van der Waals surface area contributed by atoms with Gasteiger partial charge < -0.3 is 35.5 Å². The Labute approximate surface area is 389 Å². The zero-order valence-corrected chi connectivity index (χ0v) is 39.2. The fourth-order valence-electron chi connectivity index (χ4n) is 6.93. The van der Waals surface area contributed by atoms with Crippen LogP contribution >= 0.6 is 21.6 Å². The second kappa shape index (κ2) is 32.2. The maximum absolute atomic E-state index is 12.7. The van der Waals surface area contributed by atoms with E-state index in [0.29, 0.717) is 19.5 Å². The van der Waals surface area contributed by atoms with Gasteiger partial charge in [0.2, 0.25) is 13.1 Å². The minimum absolute atomic E-state index is 0.0289. The smallest absolute Gasteiger partial charge is 0.286 e. The van der Waals surface area contributed by atoms with Gasteiger partial charge in [-0.05, 0) is 104 Å². The molecule has 11 nitrogen and oxygen atoms in total. The number of nitrogens with zero attached hydrogens (tertiary/aromatic N) is 4. The number of aromatic nitrogens is 2. The van der Waals surface area contributed by atoms with Gasteiger partial charge in [-0.1, -0.05) is 70.2 Å². The third kappa shape index (κ3) is 21.5. The molecule has 346 valence electrons. The van der Waals surface area contributed by atoms with E-state index in [2.05, 4.69) is 88.0 Å². The first-order valence-corrected chi connectivity index (χ1v) is 25.4. The lowest BCUT2D eigenvalue weighted by Crippen LogP contribution is -2.42. The van der Waals surface area contributed by atoms with Gasteiger partial charge in [0.15, 0.2) is 30.6 Å². The SMILES string of the molecule is O=C(CCCSSCCNC(=O)C[n+]1ccc(/C=C/c2ccc(N(CCCCO)CCCCO)cc2)cc1)C[n+]1ccc(/C=C/c2ccc(N(CCCCO)CCCCO)cc2)cc1. The van der Waals surface area contributed by atoms with Crippen molar-refractivity contribution in [3.05, 3.63) is 120 Å². The summed E-state index contributed by atoms with van der Waals surface area (Å²) in [5, 5.41) is 39.7. The van der Waals surface area contributed by atoms with E-state index in [1.807, 2.05) is 58.2 Å². The topological polar surface area (TPSA) is 141 Å². The van der Waals surface area contributed by atoms with Crippen molar-refractivity contribution >= 4 is 69.0 Å². The van der Waals surface area contributed by atoms with Crippen LogP contribution in [0.25, 0.3) is 24.3 Å². The summed E-state index contributed by atoms with van der Waals surface area (Å²) in [4.78, 5) is 29.8. The third-order valence-corrected chi connectivity index (χ3v) is 13.1. The monoisotopic (exact) mass is 913 g/mol. The number of anilines is 2. The molecule has 5 N–H and O–H groups in total. The van der Waals surface area contributed by atoms with Crippen molar-refractivity contribution in [3.63, 3.8) is 0 Å². The quantitative estimate of drug-likeness (QED) is 0.0192. The number of aliphatic hydroxyl groups is 4. The number of benzene rings is 2. The standard InChI is InChI=1S/C51H70N5O6S2/c57-36-5-1-28-55(29-2-6-37-58)48-19-15-44(16-20-48)11-13-46-23-32-53(33-24-46)42-50(61)10-9-40-63-64-41-27-52-51(62)43-54-34-25-47(26-35-54)14-12-45-17-21-49(22-18-45)56(30-3-7-38-59)31-4-8-39-60/h11-26,32-35,57-60H,1-10,27-31,36-43H2/q+1/p+1. The van der Waals surface area contributed by atoms with Gasteiger partial charge in [0.25, 0.3) is 5.91 Å². The minimum atomic E-state index is -0.0289. The van der Waals surface area contributed by atoms with E-state index >= 15 is 0 Å². The lowest BCUT2D eigenvalue weighted by atomic mass is 10.1. The summed E-state index contributed by atoms with van der Waals surface area (Å²) in [7, 11) is 3.45. The number of unbranched alkanes of at least 4 members (excludes halogenated alkanes) is 4. The van der Waals surface area contributed by atoms with Gasteiger partial charge >= 0.3 is 0 Å². The molecule has 1 amide bonds. The third-order valence-electron chi connectivity index (χ3n) is 10.6. The number of nitrogens with one attached hydrogen (secondary N) is 1. The predicted octanol–water partition coefficient (Wildman–Crippen LogP) is 6.85. The first kappa shape index (κ1) is 52.1. The highest BCUT2D eigenvalue weighted by Crippen LogP contribution is 2.22. The van der Waals surface area contributed by atoms with E-state index in [4.69, 9.17) is 0 Å². The largest absolute Gasteiger partial charge is 0.396 e. The Bertz CT molecular complexity index is 1770. The normalized spacial score (nSPS) is 11.4. The Hall–Kier alpha value is -4.50. The van der Waals surface area contributed by atoms with E-state index in [0.717, 1.165) is 129 Å². The van der Waals surface area contributed by atoms with Crippen LogP contribution in [0.15, 0.2) is 97.6 Å². The zero-order chi connectivity index (χ0) is 45.5. The molecule has 0 unspecified atom stereocenters. The average Bonchev–Trinajstić information content (AvgIpc) is 3.31. The first-order chi connectivity index (χ1) is 31.4. The molecule has 0 aliphatic heterocycles. The van der Waals surface area contributed by atoms with Gasteiger partial charge in [-0.2, -0.15) is 9.13 Å². The van der Waals surface area contributed by atoms with E-state index < -0.39 is 0 Å². The fraction of sp³-hybridized carbons (Fsp3) is 0.451. The lowest BCUT2D eigenvalue weighted by molar-refractivity contribution is -0.684. The van der Waals surface area contributed by atoms with Crippen LogP contribution in [-0.2, 0) is 22.7 Å². The summed E-state index contributed by atoms with van der Waals surface area (Å²) in [6.45, 7) is 5.54. The Morgan fingerprint density at radius 3 is 1.27 bits per heavy atom. The summed E-state index contributed by atoms with van der Waals surface area (Å²) >= 11 is 0. The molecule has 0 aliphatic rings. The minimum Gasteiger partial charge on any atom is -0.396 e. The molecule has 4 aromatic rings. The molecular weight excluding hydrogens is 843 g/mol. The van der Waals surface area contributed by atoms with Crippen molar-refractivity contribution in [3.8, 4) is 0 Å². The molecule has 0 radical (unpaired) electrons. The van der Waals surface area contributed by atoms with Crippen LogP contribution in [0.4, 0.5) is 11.4 Å². The second-order valence-electron chi connectivity index (χ2n) is 15.8. The summed E-state index contributed by atoms with van der Waals surface area (Å²) < 4.78 is 3.79. The Morgan fingerprint density at radius 2 is 0.859 bits per heavy atom. The maximum atomic E-state index is 12.7. The molecule has 4 rings (SSSR count). The van der Waals surface area contributed by atoms with Crippen molar-refractivity contribution < 1.29 is 39.1 Å². The Kier molecular flexibility index (Phi) is 26.2. The van der Waals surface area contributed by atoms with Crippen molar-refractivity contribution in [2.75, 3.05) is 80.5 Å². The molecule has 0 spiro atoms. The lowest BCUT2D eigenvalue weighted by Gasteiger charge is -2.25. The molecule has 13 heteroatoms. The highest BCUT2D eigenvalue weighted by molar-refractivity contribution is 8.76. The van der Waals surface area contributed by atoms with E-state index in [1.54, 1.807) is 21.6 Å². The number of carbonyl (C=O) groups excluding carboxylic acids is 2. The van der Waals surface area contributed by atoms with Crippen LogP contribution in [0.2, 0.25) is 0 Å². The molecule has 0 fully saturated rings. The van der Waals surface area contributed by atoms with Gasteiger partial charge in [0.1, 0.15) is 0 Å². The van der Waals surface area contributed by atoms with Crippen LogP contribution in [-0.4, -0.2) is 103 Å². The van der Waals surface area contributed by atoms with Crippen LogP contribution in [0.3, 0.4) is 0 Å². The van der Waals surface area contributed by atoms with Crippen molar-refractivity contribution in [2.45, 2.75) is 77.3 Å². The summed E-state index contributed by atoms with van der Waals surface area (Å²) in [6, 6.07) is 25.0. The number of amides is 1. The summed E-state index contributed by atoms with van der Waals surface area (Å²) in [6.07, 6.45) is 24.2. The Morgan fingerprint density at radius 1 is 0.484 bits per heavy atom. The van der Waals surface area contributed by atoms with Gasteiger partial charge in [-0.3, -0.25) is 9.59 Å². The Balaban J connectivity index is 1.06. The molecule has 0 atom stereocenters. The highest BCUT2D eigenvalue weighted by Gasteiger charge is 2.12. The summed E-state index contributed by atoms with van der Waals surface area (Å²) in [5.74, 6) is 1.85. The average molecular weight is 914 g/mol. The number of carbonyl (C=O) groups is 2. The second-order valence-corrected chi connectivity index (χ2v) is 18.5. The molecule has 0 bridgehead atoms. The van der Waals surface area contributed by atoms with Gasteiger partial charge in [-0.25, -0.2) is 0 Å². The zero-order valence-electron chi connectivity index (χ0n) is 37.5. The number of ketones is 1. The number of Topliss-reactive ketones (excluding diaryl/α,β-unsaturated/α-hetero) is 1. The number of rotatable bonds is 34. The van der Waals surface area contributed by atoms with Gasteiger partial charge in [0.05, 0.1) is 0 Å². The highest BCUT2D eigenvalue weighted by atomic mass is 33.1. The van der Waals surface area contributed by atoms with Crippen molar-refractivity contribution in [2.24, 2.45) is 0 Å². The number of hydrogen-bond donors (Lipinski definition) is 5. The number of hydrogen-bond acceptors (Lipinski definition) is 10. The summed E-state index contributed by atoms with van der Waals surface area (Å²) in [5.41, 5.74) is 6.60. The number of pyridine rings is 2. The number of aliphatic hydroxyl groups excluding tert-OH is 4. The maximum Gasteiger partial charge on any atom is 0.286 e. The van der Waals surface area contributed by atoms with E-state index in [9.17, 15) is 30.0 Å². The fourth-order valence-corrected chi connectivity index (χ4v) is 8.92.